The van der Waals surface area contributed by atoms with Crippen LogP contribution >= 0.6 is 11.3 Å². The molecule has 0 spiro atoms. The van der Waals surface area contributed by atoms with Crippen LogP contribution in [-0.2, 0) is 23.0 Å². The van der Waals surface area contributed by atoms with E-state index in [1.54, 1.807) is 10.4 Å². The summed E-state index contributed by atoms with van der Waals surface area (Å²) in [4.78, 5) is 2.32. The fourth-order valence-electron chi connectivity index (χ4n) is 2.82. The molecule has 2 heterocycles. The molecule has 0 amide bonds. The van der Waals surface area contributed by atoms with Gasteiger partial charge in [-0.05, 0) is 43.5 Å². The second-order valence-electron chi connectivity index (χ2n) is 5.35. The number of aryl methyl sites for hydroxylation is 2. The van der Waals surface area contributed by atoms with Crippen molar-refractivity contribution in [3.05, 3.63) is 45.1 Å². The van der Waals surface area contributed by atoms with Crippen molar-refractivity contribution < 1.29 is 8.42 Å². The molecule has 1 aliphatic heterocycles. The van der Waals surface area contributed by atoms with E-state index in [2.05, 4.69) is 0 Å². The van der Waals surface area contributed by atoms with Gasteiger partial charge in [-0.3, -0.25) is 0 Å². The number of rotatable bonds is 2. The molecule has 4 nitrogen and oxygen atoms in total. The number of hydrogen-bond acceptors (Lipinski definition) is 4. The van der Waals surface area contributed by atoms with Crippen LogP contribution in [0.3, 0.4) is 0 Å². The Morgan fingerprint density at radius 2 is 2.05 bits per heavy atom. The van der Waals surface area contributed by atoms with Crippen molar-refractivity contribution >= 4 is 27.0 Å². The van der Waals surface area contributed by atoms with Crippen LogP contribution in [0.4, 0.5) is 5.69 Å². The second-order valence-corrected chi connectivity index (χ2v) is 8.72. The van der Waals surface area contributed by atoms with Gasteiger partial charge >= 0.3 is 0 Å². The fraction of sp³-hybridized carbons (Fsp3) is 0.333. The quantitative estimate of drug-likeness (QED) is 0.865. The molecule has 1 aromatic carbocycles. The molecule has 0 fully saturated rings. The summed E-state index contributed by atoms with van der Waals surface area (Å²) in [5, 5.41) is 0. The highest BCUT2D eigenvalue weighted by molar-refractivity contribution is 7.89. The molecule has 0 radical (unpaired) electrons. The number of thiophene rings is 1. The lowest BCUT2D eigenvalue weighted by atomic mass is 9.99. The number of hydrogen-bond donors (Lipinski definition) is 1. The third kappa shape index (κ3) is 2.47. The third-order valence-corrected chi connectivity index (χ3v) is 6.95. The van der Waals surface area contributed by atoms with E-state index in [0.29, 0.717) is 24.4 Å². The molecule has 0 saturated carbocycles. The van der Waals surface area contributed by atoms with Crippen molar-refractivity contribution in [1.29, 1.82) is 0 Å². The number of nitrogens with two attached hydrogens (primary N) is 1. The highest BCUT2D eigenvalue weighted by Gasteiger charge is 2.30. The zero-order chi connectivity index (χ0) is 15.2. The molecule has 2 N–H and O–H groups in total. The summed E-state index contributed by atoms with van der Waals surface area (Å²) in [5.74, 6) is 0. The van der Waals surface area contributed by atoms with Crippen molar-refractivity contribution in [3.63, 3.8) is 0 Å². The molecule has 21 heavy (non-hydrogen) atoms. The summed E-state index contributed by atoms with van der Waals surface area (Å²) in [6.45, 7) is 4.68. The Morgan fingerprint density at radius 3 is 2.71 bits per heavy atom. The number of benzene rings is 1. The lowest BCUT2D eigenvalue weighted by Gasteiger charge is -2.28. The predicted octanol–water partition coefficient (Wildman–Crippen LogP) is 2.69. The topological polar surface area (TPSA) is 63.4 Å². The zero-order valence-electron chi connectivity index (χ0n) is 12.1. The van der Waals surface area contributed by atoms with E-state index in [9.17, 15) is 8.42 Å². The van der Waals surface area contributed by atoms with E-state index < -0.39 is 10.0 Å². The van der Waals surface area contributed by atoms with Gasteiger partial charge in [-0.15, -0.1) is 11.3 Å². The molecule has 0 unspecified atom stereocenters. The summed E-state index contributed by atoms with van der Waals surface area (Å²) in [6.07, 6.45) is 0.670. The Morgan fingerprint density at radius 1 is 1.29 bits per heavy atom. The van der Waals surface area contributed by atoms with Crippen LogP contribution in [0.5, 0.6) is 0 Å². The minimum absolute atomic E-state index is 0.400. The summed E-state index contributed by atoms with van der Waals surface area (Å²) in [6, 6.07) is 7.48. The smallest absolute Gasteiger partial charge is 0.244 e. The summed E-state index contributed by atoms with van der Waals surface area (Å²) >= 11 is 1.52. The molecule has 3 rings (SSSR count). The van der Waals surface area contributed by atoms with Gasteiger partial charge in [0.15, 0.2) is 0 Å². The zero-order valence-corrected chi connectivity index (χ0v) is 13.7. The lowest BCUT2D eigenvalue weighted by molar-refractivity contribution is 0.391. The maximum Gasteiger partial charge on any atom is 0.244 e. The molecule has 0 aliphatic carbocycles. The van der Waals surface area contributed by atoms with Crippen molar-refractivity contribution in [1.82, 2.24) is 4.31 Å². The van der Waals surface area contributed by atoms with Crippen molar-refractivity contribution in [2.24, 2.45) is 0 Å². The number of fused-ring (bicyclic) bond motifs is 1. The Hall–Kier alpha value is -1.37. The highest BCUT2D eigenvalue weighted by Crippen LogP contribution is 2.31. The van der Waals surface area contributed by atoms with Crippen LogP contribution in [0, 0.1) is 13.8 Å². The van der Waals surface area contributed by atoms with E-state index in [-0.39, 0.29) is 0 Å². The molecule has 1 aliphatic rings. The average Bonchev–Trinajstić information content (AvgIpc) is 2.78. The van der Waals surface area contributed by atoms with Crippen LogP contribution in [0.15, 0.2) is 29.2 Å². The maximum absolute atomic E-state index is 12.8. The minimum Gasteiger partial charge on any atom is -0.398 e. The molecule has 2 aromatic rings. The van der Waals surface area contributed by atoms with Gasteiger partial charge in [0.1, 0.15) is 0 Å². The van der Waals surface area contributed by atoms with E-state index >= 15 is 0 Å². The standard InChI is InChI=1S/C15H18N2O2S2/c1-10-8-15(11(2)20-10)21(18,19)17-7-6-13-12(9-17)4-3-5-14(13)16/h3-5,8H,6-7,9,16H2,1-2H3. The monoisotopic (exact) mass is 322 g/mol. The first-order valence-corrected chi connectivity index (χ1v) is 9.08. The van der Waals surface area contributed by atoms with E-state index in [1.165, 1.54) is 11.3 Å². The Labute approximate surface area is 129 Å². The van der Waals surface area contributed by atoms with Gasteiger partial charge < -0.3 is 5.73 Å². The molecule has 112 valence electrons. The number of nitrogens with zero attached hydrogens (tertiary/aromatic N) is 1. The molecule has 6 heteroatoms. The molecular weight excluding hydrogens is 304 g/mol. The number of anilines is 1. The van der Waals surface area contributed by atoms with E-state index in [1.807, 2.05) is 32.0 Å². The van der Waals surface area contributed by atoms with Gasteiger partial charge in [-0.25, -0.2) is 8.42 Å². The third-order valence-electron chi connectivity index (χ3n) is 3.88. The van der Waals surface area contributed by atoms with Crippen LogP contribution in [0.2, 0.25) is 0 Å². The predicted molar refractivity (Wildman–Crippen MR) is 85.9 cm³/mol. The number of nitrogen functional groups attached to an aromatic ring is 1. The van der Waals surface area contributed by atoms with Gasteiger partial charge in [0.05, 0.1) is 4.90 Å². The lowest BCUT2D eigenvalue weighted by Crippen LogP contribution is -2.36. The van der Waals surface area contributed by atoms with E-state index in [4.69, 9.17) is 5.73 Å². The van der Waals surface area contributed by atoms with Gasteiger partial charge in [0.25, 0.3) is 0 Å². The first kappa shape index (κ1) is 14.6. The number of sulfonamides is 1. The molecule has 1 aromatic heterocycles. The van der Waals surface area contributed by atoms with Crippen LogP contribution in [-0.4, -0.2) is 19.3 Å². The Balaban J connectivity index is 1.97. The largest absolute Gasteiger partial charge is 0.398 e. The average molecular weight is 322 g/mol. The summed E-state index contributed by atoms with van der Waals surface area (Å²) in [7, 11) is -3.42. The second kappa shape index (κ2) is 5.12. The minimum atomic E-state index is -3.42. The first-order valence-electron chi connectivity index (χ1n) is 6.83. The van der Waals surface area contributed by atoms with Crippen molar-refractivity contribution in [2.75, 3.05) is 12.3 Å². The molecule has 0 atom stereocenters. The Bertz CT molecular complexity index is 794. The highest BCUT2D eigenvalue weighted by atomic mass is 32.2. The van der Waals surface area contributed by atoms with Crippen LogP contribution in [0.25, 0.3) is 0 Å². The van der Waals surface area contributed by atoms with Gasteiger partial charge in [-0.1, -0.05) is 12.1 Å². The fourth-order valence-corrected chi connectivity index (χ4v) is 5.76. The van der Waals surface area contributed by atoms with Gasteiger partial charge in [0, 0.05) is 28.5 Å². The molecule has 0 saturated heterocycles. The summed E-state index contributed by atoms with van der Waals surface area (Å²) in [5.41, 5.74) is 8.82. The van der Waals surface area contributed by atoms with Crippen LogP contribution in [0.1, 0.15) is 20.9 Å². The normalized spacial score (nSPS) is 15.9. The van der Waals surface area contributed by atoms with E-state index in [0.717, 1.165) is 26.6 Å². The van der Waals surface area contributed by atoms with Crippen LogP contribution < -0.4 is 5.73 Å². The Kier molecular flexibility index (Phi) is 3.55. The molecule has 0 bridgehead atoms. The van der Waals surface area contributed by atoms with Crippen molar-refractivity contribution in [2.45, 2.75) is 31.7 Å². The summed E-state index contributed by atoms with van der Waals surface area (Å²) < 4.78 is 27.2. The van der Waals surface area contributed by atoms with Gasteiger partial charge in [0.2, 0.25) is 10.0 Å². The van der Waals surface area contributed by atoms with Crippen molar-refractivity contribution in [3.8, 4) is 0 Å². The molecular formula is C15H18N2O2S2. The SMILES string of the molecule is Cc1cc(S(=O)(=O)N2CCc3c(N)cccc3C2)c(C)s1. The van der Waals surface area contributed by atoms with Gasteiger partial charge in [-0.2, -0.15) is 4.31 Å². The maximum atomic E-state index is 12.8. The first-order chi connectivity index (χ1) is 9.89.